The van der Waals surface area contributed by atoms with Crippen molar-refractivity contribution in [2.45, 2.75) is 26.7 Å². The van der Waals surface area contributed by atoms with Gasteiger partial charge in [0.15, 0.2) is 5.78 Å². The second-order valence-electron chi connectivity index (χ2n) is 4.32. The minimum atomic E-state index is -0.388. The molecule has 4 heteroatoms. The molecule has 0 saturated carbocycles. The Kier molecular flexibility index (Phi) is 6.33. The number of alkyl halides is 1. The standard InChI is InChI=1S/C14H18BrFO2/c1-3-4-11(8-15)9-18-14-7-12(16)5-6-13(14)10(2)17/h5-7,11H,3-4,8-9H2,1-2H3. The van der Waals surface area contributed by atoms with Crippen LogP contribution in [0.5, 0.6) is 5.75 Å². The Morgan fingerprint density at radius 2 is 2.22 bits per heavy atom. The van der Waals surface area contributed by atoms with Crippen LogP contribution in [0.15, 0.2) is 18.2 Å². The summed E-state index contributed by atoms with van der Waals surface area (Å²) < 4.78 is 18.8. The minimum Gasteiger partial charge on any atom is -0.492 e. The van der Waals surface area contributed by atoms with E-state index in [-0.39, 0.29) is 11.6 Å². The normalized spacial score (nSPS) is 12.2. The lowest BCUT2D eigenvalue weighted by atomic mass is 10.1. The summed E-state index contributed by atoms with van der Waals surface area (Å²) in [6.07, 6.45) is 2.11. The smallest absolute Gasteiger partial charge is 0.163 e. The fourth-order valence-corrected chi connectivity index (χ4v) is 2.24. The van der Waals surface area contributed by atoms with Gasteiger partial charge in [-0.05, 0) is 25.5 Å². The first kappa shape index (κ1) is 15.2. The van der Waals surface area contributed by atoms with Crippen LogP contribution in [0.4, 0.5) is 4.39 Å². The number of rotatable bonds is 7. The molecule has 0 aliphatic rings. The fraction of sp³-hybridized carbons (Fsp3) is 0.500. The van der Waals surface area contributed by atoms with Gasteiger partial charge in [0.1, 0.15) is 11.6 Å². The summed E-state index contributed by atoms with van der Waals surface area (Å²) in [7, 11) is 0. The van der Waals surface area contributed by atoms with Crippen molar-refractivity contribution >= 4 is 21.7 Å². The molecule has 2 nitrogen and oxygen atoms in total. The van der Waals surface area contributed by atoms with Gasteiger partial charge in [-0.25, -0.2) is 4.39 Å². The minimum absolute atomic E-state index is 0.115. The van der Waals surface area contributed by atoms with Crippen molar-refractivity contribution in [2.24, 2.45) is 5.92 Å². The lowest BCUT2D eigenvalue weighted by Crippen LogP contribution is -2.14. The van der Waals surface area contributed by atoms with E-state index < -0.39 is 0 Å². The zero-order valence-electron chi connectivity index (χ0n) is 10.7. The summed E-state index contributed by atoms with van der Waals surface area (Å²) >= 11 is 3.43. The Balaban J connectivity index is 2.76. The zero-order valence-corrected chi connectivity index (χ0v) is 12.3. The molecule has 100 valence electrons. The predicted molar refractivity (Wildman–Crippen MR) is 74.1 cm³/mol. The molecular formula is C14H18BrFO2. The molecule has 1 aromatic rings. The number of ketones is 1. The van der Waals surface area contributed by atoms with Crippen molar-refractivity contribution < 1.29 is 13.9 Å². The van der Waals surface area contributed by atoms with Crippen LogP contribution in [-0.4, -0.2) is 17.7 Å². The molecule has 0 aromatic heterocycles. The van der Waals surface area contributed by atoms with Gasteiger partial charge in [-0.1, -0.05) is 29.3 Å². The van der Waals surface area contributed by atoms with Crippen LogP contribution < -0.4 is 4.74 Å². The molecule has 18 heavy (non-hydrogen) atoms. The van der Waals surface area contributed by atoms with Crippen molar-refractivity contribution in [1.82, 2.24) is 0 Å². The zero-order chi connectivity index (χ0) is 13.5. The summed E-state index contributed by atoms with van der Waals surface area (Å²) in [5, 5.41) is 0.839. The van der Waals surface area contributed by atoms with Gasteiger partial charge in [0, 0.05) is 17.3 Å². The van der Waals surface area contributed by atoms with E-state index in [0.29, 0.717) is 23.8 Å². The van der Waals surface area contributed by atoms with Crippen molar-refractivity contribution in [3.05, 3.63) is 29.6 Å². The van der Waals surface area contributed by atoms with E-state index >= 15 is 0 Å². The van der Waals surface area contributed by atoms with E-state index in [4.69, 9.17) is 4.74 Å². The molecule has 0 saturated heterocycles. The Hall–Kier alpha value is -0.900. The average molecular weight is 317 g/mol. The molecule has 1 rings (SSSR count). The van der Waals surface area contributed by atoms with Crippen LogP contribution in [0.3, 0.4) is 0 Å². The molecule has 1 unspecified atom stereocenters. The van der Waals surface area contributed by atoms with Gasteiger partial charge in [-0.15, -0.1) is 0 Å². The maximum absolute atomic E-state index is 13.2. The summed E-state index contributed by atoms with van der Waals surface area (Å²) in [6.45, 7) is 4.05. The third-order valence-corrected chi connectivity index (χ3v) is 3.63. The van der Waals surface area contributed by atoms with Gasteiger partial charge in [0.25, 0.3) is 0 Å². The third-order valence-electron chi connectivity index (χ3n) is 2.71. The number of hydrogen-bond acceptors (Lipinski definition) is 2. The Bertz CT molecular complexity index is 407. The molecule has 1 atom stereocenters. The molecule has 0 aliphatic carbocycles. The number of benzene rings is 1. The number of ether oxygens (including phenoxy) is 1. The van der Waals surface area contributed by atoms with Gasteiger partial charge in [-0.3, -0.25) is 4.79 Å². The first-order valence-corrected chi connectivity index (χ1v) is 7.19. The number of hydrogen-bond donors (Lipinski definition) is 0. The molecule has 0 heterocycles. The van der Waals surface area contributed by atoms with E-state index in [2.05, 4.69) is 22.9 Å². The molecule has 1 aromatic carbocycles. The largest absolute Gasteiger partial charge is 0.492 e. The third kappa shape index (κ3) is 4.41. The van der Waals surface area contributed by atoms with Crippen LogP contribution in [0.25, 0.3) is 0 Å². The first-order valence-electron chi connectivity index (χ1n) is 6.07. The van der Waals surface area contributed by atoms with Crippen molar-refractivity contribution in [3.8, 4) is 5.75 Å². The van der Waals surface area contributed by atoms with E-state index in [1.165, 1.54) is 25.1 Å². The van der Waals surface area contributed by atoms with Crippen LogP contribution in [-0.2, 0) is 0 Å². The topological polar surface area (TPSA) is 26.3 Å². The summed E-state index contributed by atoms with van der Waals surface area (Å²) in [6, 6.07) is 4.02. The second-order valence-corrected chi connectivity index (χ2v) is 4.96. The SMILES string of the molecule is CCCC(CBr)COc1cc(F)ccc1C(C)=O. The number of carbonyl (C=O) groups excluding carboxylic acids is 1. The Morgan fingerprint density at radius 3 is 2.78 bits per heavy atom. The van der Waals surface area contributed by atoms with Gasteiger partial charge in [-0.2, -0.15) is 0 Å². The molecule has 0 spiro atoms. The van der Waals surface area contributed by atoms with Gasteiger partial charge < -0.3 is 4.74 Å². The summed E-state index contributed by atoms with van der Waals surface area (Å²) in [5.41, 5.74) is 0.432. The number of Topliss-reactive ketones (excluding diaryl/α,β-unsaturated/α-hetero) is 1. The van der Waals surface area contributed by atoms with Crippen LogP contribution in [0.2, 0.25) is 0 Å². The molecule has 0 radical (unpaired) electrons. The molecule has 0 aliphatic heterocycles. The lowest BCUT2D eigenvalue weighted by molar-refractivity contribution is 0.101. The van der Waals surface area contributed by atoms with Crippen LogP contribution in [0.1, 0.15) is 37.0 Å². The van der Waals surface area contributed by atoms with E-state index in [1.54, 1.807) is 0 Å². The molecular weight excluding hydrogens is 299 g/mol. The Labute approximate surface area is 116 Å². The summed E-state index contributed by atoms with van der Waals surface area (Å²) in [4.78, 5) is 11.4. The quantitative estimate of drug-likeness (QED) is 0.556. The van der Waals surface area contributed by atoms with Crippen LogP contribution in [0, 0.1) is 11.7 Å². The first-order chi connectivity index (χ1) is 8.58. The van der Waals surface area contributed by atoms with Gasteiger partial charge in [0.2, 0.25) is 0 Å². The highest BCUT2D eigenvalue weighted by Crippen LogP contribution is 2.22. The molecule has 0 amide bonds. The van der Waals surface area contributed by atoms with E-state index in [1.807, 2.05) is 0 Å². The van der Waals surface area contributed by atoms with E-state index in [0.717, 1.165) is 18.2 Å². The predicted octanol–water partition coefficient (Wildman–Crippen LogP) is 4.22. The van der Waals surface area contributed by atoms with Crippen molar-refractivity contribution in [2.75, 3.05) is 11.9 Å². The van der Waals surface area contributed by atoms with Crippen molar-refractivity contribution in [3.63, 3.8) is 0 Å². The molecule has 0 fully saturated rings. The highest BCUT2D eigenvalue weighted by Gasteiger charge is 2.12. The monoisotopic (exact) mass is 316 g/mol. The number of halogens is 2. The highest BCUT2D eigenvalue weighted by molar-refractivity contribution is 9.09. The van der Waals surface area contributed by atoms with Gasteiger partial charge in [0.05, 0.1) is 12.2 Å². The lowest BCUT2D eigenvalue weighted by Gasteiger charge is -2.16. The summed E-state index contributed by atoms with van der Waals surface area (Å²) in [5.74, 6) is 0.208. The number of carbonyl (C=O) groups is 1. The molecule has 0 bridgehead atoms. The maximum Gasteiger partial charge on any atom is 0.163 e. The average Bonchev–Trinajstić information content (AvgIpc) is 2.34. The van der Waals surface area contributed by atoms with Crippen molar-refractivity contribution in [1.29, 1.82) is 0 Å². The second kappa shape index (κ2) is 7.52. The highest BCUT2D eigenvalue weighted by atomic mass is 79.9. The van der Waals surface area contributed by atoms with E-state index in [9.17, 15) is 9.18 Å². The van der Waals surface area contributed by atoms with Gasteiger partial charge >= 0.3 is 0 Å². The Morgan fingerprint density at radius 1 is 1.50 bits per heavy atom. The maximum atomic E-state index is 13.2. The fourth-order valence-electron chi connectivity index (χ4n) is 1.73. The molecule has 0 N–H and O–H groups in total. The van der Waals surface area contributed by atoms with Crippen LogP contribution >= 0.6 is 15.9 Å².